The van der Waals surface area contributed by atoms with Crippen molar-refractivity contribution in [1.29, 1.82) is 0 Å². The lowest BCUT2D eigenvalue weighted by Gasteiger charge is -2.39. The second kappa shape index (κ2) is 6.50. The molecule has 0 bridgehead atoms. The smallest absolute Gasteiger partial charge is 0.225 e. The van der Waals surface area contributed by atoms with Crippen LogP contribution in [-0.4, -0.2) is 51.8 Å². The minimum atomic E-state index is 0.147. The number of amides is 1. The standard InChI is InChI=1S/C22H24N4O/c1-24-11-12-25(22(27)17-7-8-17)14-20(24)21-19-10-9-18(13-26(19)15-23-21)16-5-3-2-4-6-16/h2-6,9-10,13,15,17,20H,7-8,11-12,14H2,1H3/t20-/m0/s1. The molecule has 3 aromatic rings. The van der Waals surface area contributed by atoms with Crippen molar-refractivity contribution in [2.24, 2.45) is 5.92 Å². The number of imidazole rings is 1. The maximum Gasteiger partial charge on any atom is 0.225 e. The van der Waals surface area contributed by atoms with E-state index < -0.39 is 0 Å². The highest BCUT2D eigenvalue weighted by Crippen LogP contribution is 2.34. The molecule has 5 rings (SSSR count). The number of likely N-dealkylation sites (N-methyl/N-ethyl adjacent to an activating group) is 1. The van der Waals surface area contributed by atoms with E-state index in [0.717, 1.165) is 43.7 Å². The summed E-state index contributed by atoms with van der Waals surface area (Å²) in [6.07, 6.45) is 6.15. The average molecular weight is 360 g/mol. The summed E-state index contributed by atoms with van der Waals surface area (Å²) < 4.78 is 2.10. The SMILES string of the molecule is CN1CCN(C(=O)C2CC2)C[C@H]1c1ncn2cc(-c3ccccc3)ccc12. The number of nitrogens with zero attached hydrogens (tertiary/aromatic N) is 4. The summed E-state index contributed by atoms with van der Waals surface area (Å²) in [7, 11) is 2.13. The van der Waals surface area contributed by atoms with Crippen LogP contribution in [0.15, 0.2) is 55.0 Å². The number of pyridine rings is 1. The summed E-state index contributed by atoms with van der Waals surface area (Å²) in [5.41, 5.74) is 4.55. The first-order valence-electron chi connectivity index (χ1n) is 9.72. The zero-order valence-electron chi connectivity index (χ0n) is 15.6. The first-order chi connectivity index (χ1) is 13.2. The van der Waals surface area contributed by atoms with E-state index in [4.69, 9.17) is 4.98 Å². The van der Waals surface area contributed by atoms with Gasteiger partial charge in [-0.1, -0.05) is 36.4 Å². The molecule has 1 aliphatic heterocycles. The molecule has 0 N–H and O–H groups in total. The molecule has 5 heteroatoms. The summed E-state index contributed by atoms with van der Waals surface area (Å²) in [6.45, 7) is 2.45. The molecule has 1 aromatic carbocycles. The van der Waals surface area contributed by atoms with Crippen LogP contribution in [0.5, 0.6) is 0 Å². The fourth-order valence-electron chi connectivity index (χ4n) is 4.04. The van der Waals surface area contributed by atoms with Crippen LogP contribution in [0.25, 0.3) is 16.6 Å². The van der Waals surface area contributed by atoms with Gasteiger partial charge >= 0.3 is 0 Å². The van der Waals surface area contributed by atoms with Gasteiger partial charge in [0, 0.05) is 31.7 Å². The van der Waals surface area contributed by atoms with Gasteiger partial charge in [-0.3, -0.25) is 9.69 Å². The van der Waals surface area contributed by atoms with Gasteiger partial charge in [0.05, 0.1) is 23.6 Å². The minimum Gasteiger partial charge on any atom is -0.339 e. The van der Waals surface area contributed by atoms with Gasteiger partial charge in [0.2, 0.25) is 5.91 Å². The van der Waals surface area contributed by atoms with E-state index in [9.17, 15) is 4.79 Å². The Labute approximate surface area is 159 Å². The van der Waals surface area contributed by atoms with E-state index in [-0.39, 0.29) is 12.0 Å². The maximum absolute atomic E-state index is 12.5. The van der Waals surface area contributed by atoms with Crippen molar-refractivity contribution in [3.05, 3.63) is 60.7 Å². The molecule has 1 saturated carbocycles. The van der Waals surface area contributed by atoms with Crippen molar-refractivity contribution >= 4 is 11.4 Å². The molecular formula is C22H24N4O. The van der Waals surface area contributed by atoms with Gasteiger partial charge < -0.3 is 9.30 Å². The number of carbonyl (C=O) groups excluding carboxylic acids is 1. The van der Waals surface area contributed by atoms with Gasteiger partial charge in [-0.25, -0.2) is 4.98 Å². The van der Waals surface area contributed by atoms with Crippen molar-refractivity contribution in [2.75, 3.05) is 26.7 Å². The third-order valence-corrected chi connectivity index (χ3v) is 5.87. The van der Waals surface area contributed by atoms with E-state index in [0.29, 0.717) is 5.91 Å². The molecule has 2 aliphatic rings. The third-order valence-electron chi connectivity index (χ3n) is 5.87. The second-order valence-electron chi connectivity index (χ2n) is 7.76. The molecular weight excluding hydrogens is 336 g/mol. The van der Waals surface area contributed by atoms with Gasteiger partial charge in [-0.2, -0.15) is 0 Å². The molecule has 1 atom stereocenters. The van der Waals surface area contributed by atoms with Crippen LogP contribution in [0.4, 0.5) is 0 Å². The average Bonchev–Trinajstić information content (AvgIpc) is 3.48. The van der Waals surface area contributed by atoms with Crippen LogP contribution in [0.2, 0.25) is 0 Å². The number of hydrogen-bond donors (Lipinski definition) is 0. The number of benzene rings is 1. The molecule has 2 aromatic heterocycles. The normalized spacial score (nSPS) is 20.9. The predicted molar refractivity (Wildman–Crippen MR) is 105 cm³/mol. The monoisotopic (exact) mass is 360 g/mol. The predicted octanol–water partition coefficient (Wildman–Crippen LogP) is 3.23. The Kier molecular flexibility index (Phi) is 3.97. The van der Waals surface area contributed by atoms with E-state index in [2.05, 4.69) is 58.9 Å². The highest BCUT2D eigenvalue weighted by atomic mass is 16.2. The summed E-state index contributed by atoms with van der Waals surface area (Å²) in [5.74, 6) is 0.615. The Balaban J connectivity index is 1.46. The fourth-order valence-corrected chi connectivity index (χ4v) is 4.04. The molecule has 0 unspecified atom stereocenters. The van der Waals surface area contributed by atoms with Crippen molar-refractivity contribution in [3.63, 3.8) is 0 Å². The molecule has 27 heavy (non-hydrogen) atoms. The summed E-state index contributed by atoms with van der Waals surface area (Å²) in [5, 5.41) is 0. The lowest BCUT2D eigenvalue weighted by atomic mass is 10.1. The second-order valence-corrected chi connectivity index (χ2v) is 7.76. The van der Waals surface area contributed by atoms with E-state index >= 15 is 0 Å². The van der Waals surface area contributed by atoms with Crippen molar-refractivity contribution in [1.82, 2.24) is 19.2 Å². The third kappa shape index (κ3) is 3.02. The van der Waals surface area contributed by atoms with E-state index in [1.807, 2.05) is 17.3 Å². The van der Waals surface area contributed by atoms with Crippen LogP contribution in [0.3, 0.4) is 0 Å². The molecule has 1 saturated heterocycles. The fraction of sp³-hybridized carbons (Fsp3) is 0.364. The van der Waals surface area contributed by atoms with Crippen LogP contribution in [0, 0.1) is 5.92 Å². The molecule has 3 heterocycles. The first-order valence-corrected chi connectivity index (χ1v) is 9.72. The zero-order chi connectivity index (χ0) is 18.4. The Hall–Kier alpha value is -2.66. The first kappa shape index (κ1) is 16.5. The number of fused-ring (bicyclic) bond motifs is 1. The zero-order valence-corrected chi connectivity index (χ0v) is 15.6. The van der Waals surface area contributed by atoms with Gasteiger partial charge in [-0.15, -0.1) is 0 Å². The largest absolute Gasteiger partial charge is 0.339 e. The van der Waals surface area contributed by atoms with Crippen molar-refractivity contribution in [2.45, 2.75) is 18.9 Å². The summed E-state index contributed by atoms with van der Waals surface area (Å²) in [6, 6.07) is 14.8. The Morgan fingerprint density at radius 2 is 1.85 bits per heavy atom. The summed E-state index contributed by atoms with van der Waals surface area (Å²) in [4.78, 5) is 21.6. The number of hydrogen-bond acceptors (Lipinski definition) is 3. The highest BCUT2D eigenvalue weighted by Gasteiger charge is 2.37. The van der Waals surface area contributed by atoms with Gasteiger partial charge in [-0.05, 0) is 37.1 Å². The molecule has 2 fully saturated rings. The molecule has 138 valence electrons. The van der Waals surface area contributed by atoms with Gasteiger partial charge in [0.25, 0.3) is 0 Å². The topological polar surface area (TPSA) is 40.8 Å². The summed E-state index contributed by atoms with van der Waals surface area (Å²) >= 11 is 0. The lowest BCUT2D eigenvalue weighted by molar-refractivity contribution is -0.135. The number of carbonyl (C=O) groups is 1. The lowest BCUT2D eigenvalue weighted by Crippen LogP contribution is -2.49. The maximum atomic E-state index is 12.5. The van der Waals surface area contributed by atoms with E-state index in [1.54, 1.807) is 0 Å². The minimum absolute atomic E-state index is 0.147. The Bertz CT molecular complexity index is 976. The van der Waals surface area contributed by atoms with Crippen molar-refractivity contribution < 1.29 is 4.79 Å². The van der Waals surface area contributed by atoms with Crippen LogP contribution in [-0.2, 0) is 4.79 Å². The van der Waals surface area contributed by atoms with E-state index in [1.165, 1.54) is 11.1 Å². The highest BCUT2D eigenvalue weighted by molar-refractivity contribution is 5.81. The van der Waals surface area contributed by atoms with Gasteiger partial charge in [0.15, 0.2) is 0 Å². The number of piperazine rings is 1. The molecule has 5 nitrogen and oxygen atoms in total. The number of aromatic nitrogens is 2. The Morgan fingerprint density at radius 1 is 1.04 bits per heavy atom. The molecule has 1 amide bonds. The Morgan fingerprint density at radius 3 is 2.63 bits per heavy atom. The van der Waals surface area contributed by atoms with Gasteiger partial charge in [0.1, 0.15) is 0 Å². The van der Waals surface area contributed by atoms with Crippen LogP contribution < -0.4 is 0 Å². The van der Waals surface area contributed by atoms with Crippen molar-refractivity contribution in [3.8, 4) is 11.1 Å². The quantitative estimate of drug-likeness (QED) is 0.720. The van der Waals surface area contributed by atoms with Crippen LogP contribution >= 0.6 is 0 Å². The number of rotatable bonds is 3. The van der Waals surface area contributed by atoms with Crippen LogP contribution in [0.1, 0.15) is 24.6 Å². The molecule has 1 aliphatic carbocycles. The molecule has 0 radical (unpaired) electrons. The molecule has 0 spiro atoms.